The molecule has 1 unspecified atom stereocenters. The maximum atomic E-state index is 12.8. The number of hydrogen-bond donors (Lipinski definition) is 0. The first-order valence-corrected chi connectivity index (χ1v) is 11.5. The fourth-order valence-corrected chi connectivity index (χ4v) is 7.18. The molecule has 140 valence electrons. The van der Waals surface area contributed by atoms with Crippen LogP contribution in [0.3, 0.4) is 0 Å². The summed E-state index contributed by atoms with van der Waals surface area (Å²) in [6.07, 6.45) is 3.39. The second-order valence-electron chi connectivity index (χ2n) is 6.52. The Labute approximate surface area is 161 Å². The van der Waals surface area contributed by atoms with Gasteiger partial charge in [0.15, 0.2) is 0 Å². The maximum Gasteiger partial charge on any atom is 0.252 e. The average molecular weight is 451 g/mol. The normalized spacial score (nSPS) is 23.8. The van der Waals surface area contributed by atoms with Crippen LogP contribution in [0.2, 0.25) is 0 Å². The molecular weight excluding hydrogens is 428 g/mol. The molecule has 0 N–H and O–H groups in total. The Morgan fingerprint density at radius 1 is 1.24 bits per heavy atom. The SMILES string of the molecule is COC1CCN(C(=O)C2CCCN(S(=O)(=O)c3ccc(Br)s3)C2)CC1. The van der Waals surface area contributed by atoms with E-state index in [1.807, 2.05) is 4.90 Å². The third-order valence-electron chi connectivity index (χ3n) is 4.96. The first-order chi connectivity index (χ1) is 11.9. The van der Waals surface area contributed by atoms with Crippen molar-refractivity contribution < 1.29 is 17.9 Å². The predicted molar refractivity (Wildman–Crippen MR) is 100 cm³/mol. The zero-order valence-electron chi connectivity index (χ0n) is 14.2. The molecular formula is C16H23BrN2O4S2. The van der Waals surface area contributed by atoms with Crippen molar-refractivity contribution >= 4 is 43.2 Å². The van der Waals surface area contributed by atoms with E-state index >= 15 is 0 Å². The van der Waals surface area contributed by atoms with Crippen molar-refractivity contribution in [2.24, 2.45) is 5.92 Å². The van der Waals surface area contributed by atoms with Crippen LogP contribution in [-0.2, 0) is 19.6 Å². The van der Waals surface area contributed by atoms with Gasteiger partial charge in [0, 0.05) is 33.3 Å². The van der Waals surface area contributed by atoms with Crippen LogP contribution in [0.15, 0.2) is 20.1 Å². The van der Waals surface area contributed by atoms with Crippen LogP contribution < -0.4 is 0 Å². The number of ether oxygens (including phenoxy) is 1. The number of halogens is 1. The number of nitrogens with zero attached hydrogens (tertiary/aromatic N) is 2. The van der Waals surface area contributed by atoms with E-state index in [4.69, 9.17) is 4.74 Å². The van der Waals surface area contributed by atoms with E-state index in [0.29, 0.717) is 23.8 Å². The molecule has 0 spiro atoms. The Morgan fingerprint density at radius 2 is 1.96 bits per heavy atom. The number of carbonyl (C=O) groups is 1. The highest BCUT2D eigenvalue weighted by Gasteiger charge is 2.36. The van der Waals surface area contributed by atoms with E-state index in [2.05, 4.69) is 15.9 Å². The number of rotatable bonds is 4. The van der Waals surface area contributed by atoms with E-state index in [1.54, 1.807) is 19.2 Å². The first kappa shape index (κ1) is 19.3. The Balaban J connectivity index is 1.66. The Hall–Kier alpha value is -0.480. The quantitative estimate of drug-likeness (QED) is 0.706. The van der Waals surface area contributed by atoms with Gasteiger partial charge in [-0.15, -0.1) is 11.3 Å². The zero-order valence-corrected chi connectivity index (χ0v) is 17.4. The highest BCUT2D eigenvalue weighted by molar-refractivity contribution is 9.11. The lowest BCUT2D eigenvalue weighted by atomic mass is 9.96. The van der Waals surface area contributed by atoms with Crippen molar-refractivity contribution in [3.63, 3.8) is 0 Å². The number of methoxy groups -OCH3 is 1. The number of hydrogen-bond acceptors (Lipinski definition) is 5. The second kappa shape index (κ2) is 8.04. The van der Waals surface area contributed by atoms with Gasteiger partial charge in [0.2, 0.25) is 5.91 Å². The van der Waals surface area contributed by atoms with Crippen molar-refractivity contribution in [1.29, 1.82) is 0 Å². The predicted octanol–water partition coefficient (Wildman–Crippen LogP) is 2.55. The number of likely N-dealkylation sites (tertiary alicyclic amines) is 1. The molecule has 3 rings (SSSR count). The molecule has 2 aliphatic rings. The van der Waals surface area contributed by atoms with Crippen LogP contribution in [0.5, 0.6) is 0 Å². The fourth-order valence-electron chi connectivity index (χ4n) is 3.50. The summed E-state index contributed by atoms with van der Waals surface area (Å²) in [5.74, 6) is -0.159. The zero-order chi connectivity index (χ0) is 18.0. The Morgan fingerprint density at radius 3 is 2.56 bits per heavy atom. The van der Waals surface area contributed by atoms with E-state index in [1.165, 1.54) is 15.6 Å². The molecule has 6 nitrogen and oxygen atoms in total. The minimum Gasteiger partial charge on any atom is -0.381 e. The molecule has 0 aromatic carbocycles. The summed E-state index contributed by atoms with van der Waals surface area (Å²) in [7, 11) is -1.82. The second-order valence-corrected chi connectivity index (χ2v) is 11.1. The molecule has 2 saturated heterocycles. The van der Waals surface area contributed by atoms with Gasteiger partial charge in [-0.2, -0.15) is 4.31 Å². The molecule has 0 aliphatic carbocycles. The van der Waals surface area contributed by atoms with Gasteiger partial charge < -0.3 is 9.64 Å². The van der Waals surface area contributed by atoms with E-state index in [0.717, 1.165) is 29.5 Å². The minimum absolute atomic E-state index is 0.0850. The standard InChI is InChI=1S/C16H23BrN2O4S2/c1-23-13-6-9-18(10-7-13)16(20)12-3-2-8-19(11-12)25(21,22)15-5-4-14(17)24-15/h4-5,12-13H,2-3,6-11H2,1H3. The molecule has 2 fully saturated rings. The van der Waals surface area contributed by atoms with Gasteiger partial charge in [0.25, 0.3) is 10.0 Å². The lowest BCUT2D eigenvalue weighted by molar-refractivity contribution is -0.139. The van der Waals surface area contributed by atoms with Gasteiger partial charge in [-0.3, -0.25) is 4.79 Å². The summed E-state index contributed by atoms with van der Waals surface area (Å²) in [5, 5.41) is 0. The topological polar surface area (TPSA) is 66.9 Å². The molecule has 1 aromatic heterocycles. The summed E-state index contributed by atoms with van der Waals surface area (Å²) in [5.41, 5.74) is 0. The van der Waals surface area contributed by atoms with Crippen LogP contribution in [0, 0.1) is 5.92 Å². The van der Waals surface area contributed by atoms with Crippen molar-refractivity contribution in [3.05, 3.63) is 15.9 Å². The lowest BCUT2D eigenvalue weighted by Gasteiger charge is -2.37. The van der Waals surface area contributed by atoms with Gasteiger partial charge in [-0.05, 0) is 53.7 Å². The molecule has 9 heteroatoms. The van der Waals surface area contributed by atoms with Gasteiger partial charge in [-0.25, -0.2) is 8.42 Å². The monoisotopic (exact) mass is 450 g/mol. The molecule has 0 saturated carbocycles. The largest absolute Gasteiger partial charge is 0.381 e. The molecule has 1 aromatic rings. The third-order valence-corrected chi connectivity index (χ3v) is 8.92. The van der Waals surface area contributed by atoms with Crippen molar-refractivity contribution in [3.8, 4) is 0 Å². The summed E-state index contributed by atoms with van der Waals surface area (Å²) in [6.45, 7) is 2.14. The van der Waals surface area contributed by atoms with Gasteiger partial charge in [-0.1, -0.05) is 0 Å². The van der Waals surface area contributed by atoms with E-state index in [9.17, 15) is 13.2 Å². The third kappa shape index (κ3) is 4.27. The summed E-state index contributed by atoms with van der Waals surface area (Å²) >= 11 is 4.52. The van der Waals surface area contributed by atoms with Crippen LogP contribution in [-0.4, -0.2) is 62.9 Å². The van der Waals surface area contributed by atoms with Crippen molar-refractivity contribution in [2.45, 2.75) is 36.0 Å². The Kier molecular flexibility index (Phi) is 6.20. The number of amides is 1. The summed E-state index contributed by atoms with van der Waals surface area (Å²) < 4.78 is 33.5. The van der Waals surface area contributed by atoms with Gasteiger partial charge >= 0.3 is 0 Å². The van der Waals surface area contributed by atoms with E-state index < -0.39 is 10.0 Å². The molecule has 2 aliphatic heterocycles. The van der Waals surface area contributed by atoms with Gasteiger partial charge in [0.05, 0.1) is 15.8 Å². The number of sulfonamides is 1. The average Bonchev–Trinajstić information content (AvgIpc) is 3.08. The molecule has 25 heavy (non-hydrogen) atoms. The molecule has 0 radical (unpaired) electrons. The highest BCUT2D eigenvalue weighted by Crippen LogP contribution is 2.31. The molecule has 1 amide bonds. The summed E-state index contributed by atoms with van der Waals surface area (Å²) in [6, 6.07) is 3.36. The van der Waals surface area contributed by atoms with E-state index in [-0.39, 0.29) is 24.5 Å². The van der Waals surface area contributed by atoms with Gasteiger partial charge in [0.1, 0.15) is 4.21 Å². The first-order valence-electron chi connectivity index (χ1n) is 8.49. The smallest absolute Gasteiger partial charge is 0.252 e. The summed E-state index contributed by atoms with van der Waals surface area (Å²) in [4.78, 5) is 14.7. The number of piperidine rings is 2. The fraction of sp³-hybridized carbons (Fsp3) is 0.688. The Bertz CT molecular complexity index is 713. The highest BCUT2D eigenvalue weighted by atomic mass is 79.9. The molecule has 1 atom stereocenters. The molecule has 3 heterocycles. The van der Waals surface area contributed by atoms with Crippen LogP contribution in [0.1, 0.15) is 25.7 Å². The molecule has 0 bridgehead atoms. The van der Waals surface area contributed by atoms with Crippen LogP contribution in [0.4, 0.5) is 0 Å². The number of thiophene rings is 1. The van der Waals surface area contributed by atoms with Crippen molar-refractivity contribution in [1.82, 2.24) is 9.21 Å². The maximum absolute atomic E-state index is 12.8. The van der Waals surface area contributed by atoms with Crippen LogP contribution >= 0.6 is 27.3 Å². The number of carbonyl (C=O) groups excluding carboxylic acids is 1. The van der Waals surface area contributed by atoms with Crippen LogP contribution in [0.25, 0.3) is 0 Å². The minimum atomic E-state index is -3.52. The van der Waals surface area contributed by atoms with Crippen molar-refractivity contribution in [2.75, 3.05) is 33.3 Å². The lowest BCUT2D eigenvalue weighted by Crippen LogP contribution is -2.49.